The monoisotopic (exact) mass is 374 g/mol. The minimum absolute atomic E-state index is 0.0872. The van der Waals surface area contributed by atoms with Gasteiger partial charge in [-0.1, -0.05) is 30.3 Å². The summed E-state index contributed by atoms with van der Waals surface area (Å²) in [6, 6.07) is 18.4. The van der Waals surface area contributed by atoms with Crippen molar-refractivity contribution >= 4 is 33.6 Å². The van der Waals surface area contributed by atoms with Crippen LogP contribution in [0.1, 0.15) is 15.9 Å². The first-order chi connectivity index (χ1) is 13.7. The average molecular weight is 374 g/mol. The van der Waals surface area contributed by atoms with Crippen LogP contribution in [0.2, 0.25) is 0 Å². The Morgan fingerprint density at radius 3 is 2.54 bits per heavy atom. The van der Waals surface area contributed by atoms with Crippen LogP contribution < -0.4 is 15.6 Å². The zero-order chi connectivity index (χ0) is 19.5. The first kappa shape index (κ1) is 17.6. The van der Waals surface area contributed by atoms with Gasteiger partial charge in [-0.05, 0) is 41.1 Å². The third-order valence-electron chi connectivity index (χ3n) is 4.56. The number of carbonyl (C=O) groups excluding carboxylic acids is 2. The topological polar surface area (TPSA) is 80.6 Å². The smallest absolute Gasteiger partial charge is 0.269 e. The van der Waals surface area contributed by atoms with Crippen LogP contribution in [0.25, 0.3) is 21.7 Å². The first-order valence-corrected chi connectivity index (χ1v) is 8.77. The van der Waals surface area contributed by atoms with Gasteiger partial charge in [-0.3, -0.25) is 20.4 Å². The molecule has 0 radical (unpaired) electrons. The van der Waals surface area contributed by atoms with Crippen LogP contribution in [-0.2, 0) is 11.2 Å². The number of nitrogens with one attached hydrogen (secondary N) is 2. The van der Waals surface area contributed by atoms with Gasteiger partial charge < -0.3 is 9.15 Å². The molecule has 2 amide bonds. The summed E-state index contributed by atoms with van der Waals surface area (Å²) in [7, 11) is 1.55. The Morgan fingerprint density at radius 1 is 0.964 bits per heavy atom. The van der Waals surface area contributed by atoms with E-state index in [1.165, 1.54) is 0 Å². The van der Waals surface area contributed by atoms with Crippen LogP contribution in [0.4, 0.5) is 0 Å². The molecule has 3 aromatic carbocycles. The quantitative estimate of drug-likeness (QED) is 0.535. The summed E-state index contributed by atoms with van der Waals surface area (Å²) in [5.74, 6) is -0.0874. The fourth-order valence-electron chi connectivity index (χ4n) is 3.16. The number of ether oxygens (including phenoxy) is 1. The third-order valence-corrected chi connectivity index (χ3v) is 4.56. The van der Waals surface area contributed by atoms with Crippen LogP contribution >= 0.6 is 0 Å². The van der Waals surface area contributed by atoms with E-state index < -0.39 is 5.91 Å². The second-order valence-electron chi connectivity index (χ2n) is 6.33. The van der Waals surface area contributed by atoms with Crippen LogP contribution in [0.5, 0.6) is 5.75 Å². The number of hydrogen-bond donors (Lipinski definition) is 2. The lowest BCUT2D eigenvalue weighted by atomic mass is 10.0. The molecule has 6 heteroatoms. The molecule has 1 heterocycles. The molecule has 0 aliphatic heterocycles. The number of hydrogen-bond acceptors (Lipinski definition) is 4. The molecular weight excluding hydrogens is 356 g/mol. The van der Waals surface area contributed by atoms with Gasteiger partial charge in [-0.15, -0.1) is 0 Å². The van der Waals surface area contributed by atoms with E-state index in [0.717, 1.165) is 27.3 Å². The molecular formula is C22H18N2O4. The molecule has 0 atom stereocenters. The fourth-order valence-corrected chi connectivity index (χ4v) is 3.16. The predicted molar refractivity (Wildman–Crippen MR) is 106 cm³/mol. The van der Waals surface area contributed by atoms with Crippen molar-refractivity contribution in [1.29, 1.82) is 0 Å². The molecule has 140 valence electrons. The van der Waals surface area contributed by atoms with Crippen molar-refractivity contribution in [1.82, 2.24) is 10.9 Å². The highest BCUT2D eigenvalue weighted by Crippen LogP contribution is 2.30. The number of methoxy groups -OCH3 is 1. The van der Waals surface area contributed by atoms with Crippen LogP contribution in [0.3, 0.4) is 0 Å². The highest BCUT2D eigenvalue weighted by atomic mass is 16.5. The van der Waals surface area contributed by atoms with Crippen LogP contribution in [-0.4, -0.2) is 18.9 Å². The summed E-state index contributed by atoms with van der Waals surface area (Å²) in [6.45, 7) is 0. The second kappa shape index (κ2) is 7.44. The molecule has 28 heavy (non-hydrogen) atoms. The van der Waals surface area contributed by atoms with Gasteiger partial charge in [0.05, 0.1) is 19.8 Å². The Kier molecular flexibility index (Phi) is 4.68. The number of carbonyl (C=O) groups is 2. The van der Waals surface area contributed by atoms with E-state index in [9.17, 15) is 9.59 Å². The summed E-state index contributed by atoms with van der Waals surface area (Å²) in [5.41, 5.74) is 6.78. The van der Waals surface area contributed by atoms with Crippen molar-refractivity contribution < 1.29 is 18.7 Å². The maximum Gasteiger partial charge on any atom is 0.269 e. The van der Waals surface area contributed by atoms with Crippen molar-refractivity contribution in [2.45, 2.75) is 6.42 Å². The number of benzene rings is 3. The molecule has 0 bridgehead atoms. The minimum Gasteiger partial charge on any atom is -0.497 e. The molecule has 4 rings (SSSR count). The van der Waals surface area contributed by atoms with Gasteiger partial charge in [0, 0.05) is 16.5 Å². The van der Waals surface area contributed by atoms with E-state index in [2.05, 4.69) is 10.9 Å². The second-order valence-corrected chi connectivity index (χ2v) is 6.33. The fraction of sp³-hybridized carbons (Fsp3) is 0.0909. The van der Waals surface area contributed by atoms with Gasteiger partial charge in [-0.2, -0.15) is 0 Å². The third kappa shape index (κ3) is 3.40. The first-order valence-electron chi connectivity index (χ1n) is 8.77. The molecule has 0 saturated carbocycles. The Bertz CT molecular complexity index is 1160. The van der Waals surface area contributed by atoms with E-state index >= 15 is 0 Å². The van der Waals surface area contributed by atoms with E-state index in [1.54, 1.807) is 37.6 Å². The van der Waals surface area contributed by atoms with Crippen molar-refractivity contribution in [3.8, 4) is 5.75 Å². The van der Waals surface area contributed by atoms with Gasteiger partial charge >= 0.3 is 0 Å². The highest BCUT2D eigenvalue weighted by molar-refractivity contribution is 6.08. The van der Waals surface area contributed by atoms with Crippen molar-refractivity contribution in [2.75, 3.05) is 7.11 Å². The van der Waals surface area contributed by atoms with E-state index in [0.29, 0.717) is 11.3 Å². The Hall–Kier alpha value is -3.80. The molecule has 6 nitrogen and oxygen atoms in total. The molecule has 4 aromatic rings. The lowest BCUT2D eigenvalue weighted by molar-refractivity contribution is -0.121. The van der Waals surface area contributed by atoms with Gasteiger partial charge in [0.15, 0.2) is 0 Å². The Labute approximate surface area is 161 Å². The SMILES string of the molecule is COc1ccc(C(=O)NNC(=O)Cc2coc3ccc4ccccc4c23)cc1. The summed E-state index contributed by atoms with van der Waals surface area (Å²) in [5, 5.41) is 3.01. The molecule has 0 fully saturated rings. The van der Waals surface area contributed by atoms with Crippen LogP contribution in [0, 0.1) is 0 Å². The molecule has 0 saturated heterocycles. The summed E-state index contributed by atoms with van der Waals surface area (Å²) >= 11 is 0. The summed E-state index contributed by atoms with van der Waals surface area (Å²) < 4.78 is 10.7. The molecule has 0 aliphatic rings. The van der Waals surface area contributed by atoms with Crippen molar-refractivity contribution in [3.63, 3.8) is 0 Å². The molecule has 2 N–H and O–H groups in total. The molecule has 0 unspecified atom stereocenters. The predicted octanol–water partition coefficient (Wildman–Crippen LogP) is 3.60. The minimum atomic E-state index is -0.404. The van der Waals surface area contributed by atoms with Gasteiger partial charge in [0.2, 0.25) is 5.91 Å². The zero-order valence-corrected chi connectivity index (χ0v) is 15.2. The number of hydrazine groups is 1. The van der Waals surface area contributed by atoms with E-state index in [-0.39, 0.29) is 12.3 Å². The van der Waals surface area contributed by atoms with Gasteiger partial charge in [-0.25, -0.2) is 0 Å². The van der Waals surface area contributed by atoms with Crippen molar-refractivity contribution in [2.24, 2.45) is 0 Å². The summed E-state index contributed by atoms with van der Waals surface area (Å²) in [6.07, 6.45) is 1.67. The number of furan rings is 1. The summed E-state index contributed by atoms with van der Waals surface area (Å²) in [4.78, 5) is 24.5. The highest BCUT2D eigenvalue weighted by Gasteiger charge is 2.14. The average Bonchev–Trinajstić information content (AvgIpc) is 3.15. The maximum atomic E-state index is 12.3. The van der Waals surface area contributed by atoms with Crippen LogP contribution in [0.15, 0.2) is 71.3 Å². The molecule has 1 aromatic heterocycles. The lowest BCUT2D eigenvalue weighted by Crippen LogP contribution is -2.42. The lowest BCUT2D eigenvalue weighted by Gasteiger charge is -2.08. The van der Waals surface area contributed by atoms with Crippen molar-refractivity contribution in [3.05, 3.63) is 78.1 Å². The maximum absolute atomic E-state index is 12.3. The number of fused-ring (bicyclic) bond motifs is 3. The normalized spacial score (nSPS) is 10.8. The molecule has 0 aliphatic carbocycles. The molecule has 0 spiro atoms. The standard InChI is InChI=1S/C22H18N2O4/c1-27-17-9-6-15(7-10-17)22(26)24-23-20(25)12-16-13-28-19-11-8-14-4-2-3-5-18(14)21(16)19/h2-11,13H,12H2,1H3,(H,23,25)(H,24,26). The Morgan fingerprint density at radius 2 is 1.75 bits per heavy atom. The number of amides is 2. The number of rotatable bonds is 4. The zero-order valence-electron chi connectivity index (χ0n) is 15.2. The van der Waals surface area contributed by atoms with E-state index in [4.69, 9.17) is 9.15 Å². The Balaban J connectivity index is 1.46. The van der Waals surface area contributed by atoms with E-state index in [1.807, 2.05) is 36.4 Å². The van der Waals surface area contributed by atoms with Gasteiger partial charge in [0.25, 0.3) is 5.91 Å². The largest absolute Gasteiger partial charge is 0.497 e. The van der Waals surface area contributed by atoms with Gasteiger partial charge in [0.1, 0.15) is 11.3 Å².